The van der Waals surface area contributed by atoms with Crippen LogP contribution >= 0.6 is 11.6 Å². The topological polar surface area (TPSA) is 36.4 Å². The zero-order chi connectivity index (χ0) is 13.0. The maximum absolute atomic E-state index is 9.24. The fourth-order valence-corrected chi connectivity index (χ4v) is 1.98. The molecule has 0 saturated heterocycles. The SMILES string of the molecule is CCN(c1ccccc1)c1cc(CO)c(Cl)cn1. The largest absolute Gasteiger partial charge is 0.392 e. The molecule has 0 radical (unpaired) electrons. The Bertz CT molecular complexity index is 516. The molecule has 0 aliphatic heterocycles. The predicted molar refractivity (Wildman–Crippen MR) is 74.3 cm³/mol. The van der Waals surface area contributed by atoms with E-state index in [1.165, 1.54) is 0 Å². The zero-order valence-electron chi connectivity index (χ0n) is 10.2. The molecule has 0 atom stereocenters. The molecule has 0 amide bonds. The lowest BCUT2D eigenvalue weighted by Gasteiger charge is -2.22. The molecule has 4 heteroatoms. The summed E-state index contributed by atoms with van der Waals surface area (Å²) in [6.45, 7) is 2.77. The number of benzene rings is 1. The quantitative estimate of drug-likeness (QED) is 0.918. The Morgan fingerprint density at radius 2 is 2.00 bits per heavy atom. The molecular weight excluding hydrogens is 248 g/mol. The van der Waals surface area contributed by atoms with Crippen molar-refractivity contribution in [3.05, 3.63) is 53.2 Å². The van der Waals surface area contributed by atoms with Crippen LogP contribution in [0.15, 0.2) is 42.6 Å². The highest BCUT2D eigenvalue weighted by atomic mass is 35.5. The highest BCUT2D eigenvalue weighted by molar-refractivity contribution is 6.31. The summed E-state index contributed by atoms with van der Waals surface area (Å²) in [5.41, 5.74) is 1.76. The van der Waals surface area contributed by atoms with Gasteiger partial charge in [-0.1, -0.05) is 29.8 Å². The van der Waals surface area contributed by atoms with Crippen LogP contribution in [0.2, 0.25) is 5.02 Å². The maximum atomic E-state index is 9.24. The van der Waals surface area contributed by atoms with Gasteiger partial charge in [0.15, 0.2) is 0 Å². The van der Waals surface area contributed by atoms with Crippen molar-refractivity contribution in [3.8, 4) is 0 Å². The van der Waals surface area contributed by atoms with E-state index < -0.39 is 0 Å². The van der Waals surface area contributed by atoms with E-state index in [9.17, 15) is 5.11 Å². The number of hydrogen-bond donors (Lipinski definition) is 1. The molecule has 0 fully saturated rings. The van der Waals surface area contributed by atoms with Crippen LogP contribution in [0.5, 0.6) is 0 Å². The van der Waals surface area contributed by atoms with Gasteiger partial charge in [0.25, 0.3) is 0 Å². The Labute approximate surface area is 112 Å². The number of aromatic nitrogens is 1. The van der Waals surface area contributed by atoms with Gasteiger partial charge in [0.1, 0.15) is 5.82 Å². The predicted octanol–water partition coefficient (Wildman–Crippen LogP) is 3.39. The van der Waals surface area contributed by atoms with Crippen LogP contribution in [0.3, 0.4) is 0 Å². The molecule has 0 aliphatic carbocycles. The number of aliphatic hydroxyl groups excluding tert-OH is 1. The normalized spacial score (nSPS) is 10.4. The molecular formula is C14H15ClN2O. The first-order valence-electron chi connectivity index (χ1n) is 5.84. The van der Waals surface area contributed by atoms with E-state index in [0.717, 1.165) is 18.1 Å². The Morgan fingerprint density at radius 1 is 1.28 bits per heavy atom. The minimum atomic E-state index is -0.0826. The highest BCUT2D eigenvalue weighted by Gasteiger charge is 2.10. The Kier molecular flexibility index (Phi) is 4.18. The van der Waals surface area contributed by atoms with Crippen molar-refractivity contribution < 1.29 is 5.11 Å². The molecule has 1 N–H and O–H groups in total. The van der Waals surface area contributed by atoms with Gasteiger partial charge in [0.05, 0.1) is 11.6 Å². The molecule has 2 rings (SSSR count). The fraction of sp³-hybridized carbons (Fsp3) is 0.214. The molecule has 0 spiro atoms. The molecule has 0 aliphatic rings. The summed E-state index contributed by atoms with van der Waals surface area (Å²) in [5, 5.41) is 9.73. The van der Waals surface area contributed by atoms with Gasteiger partial charge in [0.2, 0.25) is 0 Å². The lowest BCUT2D eigenvalue weighted by Crippen LogP contribution is -2.17. The monoisotopic (exact) mass is 262 g/mol. The van der Waals surface area contributed by atoms with E-state index in [0.29, 0.717) is 10.6 Å². The van der Waals surface area contributed by atoms with Gasteiger partial charge in [-0.2, -0.15) is 0 Å². The number of para-hydroxylation sites is 1. The molecule has 1 heterocycles. The van der Waals surface area contributed by atoms with Crippen molar-refractivity contribution in [3.63, 3.8) is 0 Å². The van der Waals surface area contributed by atoms with Crippen LogP contribution < -0.4 is 4.90 Å². The van der Waals surface area contributed by atoms with E-state index in [1.807, 2.05) is 36.4 Å². The van der Waals surface area contributed by atoms with Crippen LogP contribution in [0.4, 0.5) is 11.5 Å². The molecule has 3 nitrogen and oxygen atoms in total. The summed E-state index contributed by atoms with van der Waals surface area (Å²) < 4.78 is 0. The first-order chi connectivity index (χ1) is 8.76. The van der Waals surface area contributed by atoms with Crippen LogP contribution in [-0.2, 0) is 6.61 Å². The number of hydrogen-bond acceptors (Lipinski definition) is 3. The van der Waals surface area contributed by atoms with Crippen molar-refractivity contribution in [1.82, 2.24) is 4.98 Å². The van der Waals surface area contributed by atoms with Crippen molar-refractivity contribution in [2.45, 2.75) is 13.5 Å². The summed E-state index contributed by atoms with van der Waals surface area (Å²) in [6.07, 6.45) is 1.58. The van der Waals surface area contributed by atoms with Crippen molar-refractivity contribution in [1.29, 1.82) is 0 Å². The smallest absolute Gasteiger partial charge is 0.133 e. The van der Waals surface area contributed by atoms with Crippen molar-refractivity contribution in [2.75, 3.05) is 11.4 Å². The summed E-state index contributed by atoms with van der Waals surface area (Å²) in [4.78, 5) is 6.38. The first-order valence-corrected chi connectivity index (χ1v) is 6.22. The number of anilines is 2. The summed E-state index contributed by atoms with van der Waals surface area (Å²) in [5.74, 6) is 0.789. The average molecular weight is 263 g/mol. The first kappa shape index (κ1) is 12.9. The number of aliphatic hydroxyl groups is 1. The second-order valence-electron chi connectivity index (χ2n) is 3.87. The molecule has 2 aromatic rings. The van der Waals surface area contributed by atoms with Gasteiger partial charge in [0, 0.05) is 24.0 Å². The van der Waals surface area contributed by atoms with E-state index in [1.54, 1.807) is 6.20 Å². The van der Waals surface area contributed by atoms with Gasteiger partial charge < -0.3 is 10.0 Å². The van der Waals surface area contributed by atoms with Gasteiger partial charge in [-0.05, 0) is 25.1 Å². The third-order valence-corrected chi connectivity index (χ3v) is 3.09. The van der Waals surface area contributed by atoms with Crippen LogP contribution in [0, 0.1) is 0 Å². The van der Waals surface area contributed by atoms with Crippen molar-refractivity contribution in [2.24, 2.45) is 0 Å². The zero-order valence-corrected chi connectivity index (χ0v) is 10.9. The Morgan fingerprint density at radius 3 is 2.61 bits per heavy atom. The molecule has 0 saturated carbocycles. The van der Waals surface area contributed by atoms with E-state index in [4.69, 9.17) is 11.6 Å². The molecule has 94 valence electrons. The molecule has 0 bridgehead atoms. The maximum Gasteiger partial charge on any atom is 0.133 e. The Hall–Kier alpha value is -1.58. The molecule has 18 heavy (non-hydrogen) atoms. The van der Waals surface area contributed by atoms with Crippen LogP contribution in [-0.4, -0.2) is 16.6 Å². The fourth-order valence-electron chi connectivity index (χ4n) is 1.82. The second kappa shape index (κ2) is 5.85. The number of halogens is 1. The number of nitrogens with zero attached hydrogens (tertiary/aromatic N) is 2. The summed E-state index contributed by atoms with van der Waals surface area (Å²) >= 11 is 5.95. The average Bonchev–Trinajstić information content (AvgIpc) is 2.42. The molecule has 1 aromatic heterocycles. The molecule has 1 aromatic carbocycles. The van der Waals surface area contributed by atoms with E-state index in [2.05, 4.69) is 16.8 Å². The standard InChI is InChI=1S/C14H15ClN2O/c1-2-17(12-6-4-3-5-7-12)14-8-11(10-18)13(15)9-16-14/h3-9,18H,2,10H2,1H3. The lowest BCUT2D eigenvalue weighted by atomic mass is 10.2. The van der Waals surface area contributed by atoms with Gasteiger partial charge in [-0.3, -0.25) is 0 Å². The van der Waals surface area contributed by atoms with Gasteiger partial charge >= 0.3 is 0 Å². The molecule has 0 unspecified atom stereocenters. The minimum absolute atomic E-state index is 0.0826. The minimum Gasteiger partial charge on any atom is -0.392 e. The van der Waals surface area contributed by atoms with Gasteiger partial charge in [-0.25, -0.2) is 4.98 Å². The summed E-state index contributed by atoms with van der Waals surface area (Å²) in [6, 6.07) is 11.8. The van der Waals surface area contributed by atoms with Crippen LogP contribution in [0.1, 0.15) is 12.5 Å². The third kappa shape index (κ3) is 2.63. The summed E-state index contributed by atoms with van der Waals surface area (Å²) in [7, 11) is 0. The van der Waals surface area contributed by atoms with E-state index >= 15 is 0 Å². The van der Waals surface area contributed by atoms with Gasteiger partial charge in [-0.15, -0.1) is 0 Å². The second-order valence-corrected chi connectivity index (χ2v) is 4.28. The number of pyridine rings is 1. The highest BCUT2D eigenvalue weighted by Crippen LogP contribution is 2.26. The number of rotatable bonds is 4. The van der Waals surface area contributed by atoms with E-state index in [-0.39, 0.29) is 6.61 Å². The van der Waals surface area contributed by atoms with Crippen LogP contribution in [0.25, 0.3) is 0 Å². The Balaban J connectivity index is 2.39. The third-order valence-electron chi connectivity index (χ3n) is 2.75. The lowest BCUT2D eigenvalue weighted by molar-refractivity contribution is 0.282. The van der Waals surface area contributed by atoms with Crippen molar-refractivity contribution >= 4 is 23.1 Å².